The molecule has 2 rings (SSSR count). The number of unbranched alkanes of at least 4 members (excludes halogenated alkanes) is 5. The van der Waals surface area contributed by atoms with Crippen LogP contribution < -0.4 is 5.32 Å². The van der Waals surface area contributed by atoms with Crippen LogP contribution in [0.4, 0.5) is 0 Å². The Balaban J connectivity index is 1.60. The molecular weight excluding hydrogens is 234 g/mol. The molecular formula is C16H29N3. The summed E-state index contributed by atoms with van der Waals surface area (Å²) in [5.41, 5.74) is 0. The maximum atomic E-state index is 4.17. The van der Waals surface area contributed by atoms with E-state index in [1.165, 1.54) is 64.3 Å². The molecule has 1 saturated carbocycles. The molecule has 0 spiro atoms. The largest absolute Gasteiger partial charge is 0.333 e. The summed E-state index contributed by atoms with van der Waals surface area (Å²) in [5, 5.41) is 3.76. The third-order valence-electron chi connectivity index (χ3n) is 4.32. The standard InChI is InChI=1S/C16H29N3/c1-2-3-4-5-6-7-11-18-15-9-8-10-16(15)19-13-12-17-14-19/h12-16,18H,2-11H2,1H3. The Labute approximate surface area is 117 Å². The van der Waals surface area contributed by atoms with Crippen molar-refractivity contribution in [3.63, 3.8) is 0 Å². The zero-order valence-electron chi connectivity index (χ0n) is 12.4. The van der Waals surface area contributed by atoms with Crippen molar-refractivity contribution in [1.82, 2.24) is 14.9 Å². The molecule has 3 heteroatoms. The lowest BCUT2D eigenvalue weighted by molar-refractivity contribution is 0.387. The monoisotopic (exact) mass is 263 g/mol. The Bertz CT molecular complexity index is 321. The second-order valence-electron chi connectivity index (χ2n) is 5.84. The minimum Gasteiger partial charge on any atom is -0.333 e. The maximum absolute atomic E-state index is 4.17. The summed E-state index contributed by atoms with van der Waals surface area (Å²) in [5.74, 6) is 0. The van der Waals surface area contributed by atoms with Crippen LogP contribution in [-0.4, -0.2) is 22.1 Å². The zero-order valence-corrected chi connectivity index (χ0v) is 12.4. The number of hydrogen-bond donors (Lipinski definition) is 1. The second-order valence-corrected chi connectivity index (χ2v) is 5.84. The number of aromatic nitrogens is 2. The van der Waals surface area contributed by atoms with Crippen LogP contribution in [0.3, 0.4) is 0 Å². The van der Waals surface area contributed by atoms with Crippen molar-refractivity contribution < 1.29 is 0 Å². The quantitative estimate of drug-likeness (QED) is 0.684. The first kappa shape index (κ1) is 14.6. The summed E-state index contributed by atoms with van der Waals surface area (Å²) < 4.78 is 2.28. The Morgan fingerprint density at radius 2 is 2.00 bits per heavy atom. The lowest BCUT2D eigenvalue weighted by atomic mass is 10.1. The molecule has 108 valence electrons. The number of imidazole rings is 1. The number of rotatable bonds is 9. The van der Waals surface area contributed by atoms with Gasteiger partial charge in [-0.2, -0.15) is 0 Å². The van der Waals surface area contributed by atoms with Gasteiger partial charge in [-0.3, -0.25) is 0 Å². The van der Waals surface area contributed by atoms with Crippen LogP contribution in [0.1, 0.15) is 70.8 Å². The summed E-state index contributed by atoms with van der Waals surface area (Å²) in [7, 11) is 0. The summed E-state index contributed by atoms with van der Waals surface area (Å²) in [6.45, 7) is 3.46. The molecule has 2 atom stereocenters. The number of hydrogen-bond acceptors (Lipinski definition) is 2. The zero-order chi connectivity index (χ0) is 13.3. The van der Waals surface area contributed by atoms with Crippen molar-refractivity contribution in [2.24, 2.45) is 0 Å². The van der Waals surface area contributed by atoms with Crippen molar-refractivity contribution in [1.29, 1.82) is 0 Å². The van der Waals surface area contributed by atoms with E-state index in [0.29, 0.717) is 12.1 Å². The lowest BCUT2D eigenvalue weighted by Crippen LogP contribution is -2.34. The number of nitrogens with zero attached hydrogens (tertiary/aromatic N) is 2. The van der Waals surface area contributed by atoms with E-state index >= 15 is 0 Å². The lowest BCUT2D eigenvalue weighted by Gasteiger charge is -2.22. The van der Waals surface area contributed by atoms with Gasteiger partial charge in [0.25, 0.3) is 0 Å². The molecule has 0 bridgehead atoms. The predicted octanol–water partition coefficient (Wildman–Crippen LogP) is 3.93. The fourth-order valence-electron chi connectivity index (χ4n) is 3.19. The highest BCUT2D eigenvalue weighted by molar-refractivity contribution is 4.91. The molecule has 0 radical (unpaired) electrons. The van der Waals surface area contributed by atoms with Crippen LogP contribution in [0.15, 0.2) is 18.7 Å². The predicted molar refractivity (Wildman–Crippen MR) is 80.3 cm³/mol. The summed E-state index contributed by atoms with van der Waals surface area (Å²) in [6, 6.07) is 1.28. The molecule has 1 N–H and O–H groups in total. The second kappa shape index (κ2) is 8.36. The third-order valence-corrected chi connectivity index (χ3v) is 4.32. The van der Waals surface area contributed by atoms with Gasteiger partial charge in [-0.15, -0.1) is 0 Å². The molecule has 2 unspecified atom stereocenters. The van der Waals surface area contributed by atoms with E-state index in [-0.39, 0.29) is 0 Å². The molecule has 0 amide bonds. The molecule has 0 aromatic carbocycles. The molecule has 1 aromatic rings. The highest BCUT2D eigenvalue weighted by Gasteiger charge is 2.27. The van der Waals surface area contributed by atoms with E-state index in [4.69, 9.17) is 0 Å². The van der Waals surface area contributed by atoms with Gasteiger partial charge in [-0.25, -0.2) is 4.98 Å². The van der Waals surface area contributed by atoms with Crippen LogP contribution in [0.25, 0.3) is 0 Å². The molecule has 3 nitrogen and oxygen atoms in total. The van der Waals surface area contributed by atoms with Gasteiger partial charge in [-0.1, -0.05) is 39.0 Å². The van der Waals surface area contributed by atoms with E-state index in [1.807, 2.05) is 12.5 Å². The summed E-state index contributed by atoms with van der Waals surface area (Å²) in [6.07, 6.45) is 18.2. The number of nitrogens with one attached hydrogen (secondary N) is 1. The van der Waals surface area contributed by atoms with Gasteiger partial charge in [0.15, 0.2) is 0 Å². The van der Waals surface area contributed by atoms with Crippen LogP contribution in [0.2, 0.25) is 0 Å². The molecule has 1 aromatic heterocycles. The van der Waals surface area contributed by atoms with E-state index in [9.17, 15) is 0 Å². The third kappa shape index (κ3) is 4.64. The fourth-order valence-corrected chi connectivity index (χ4v) is 3.19. The van der Waals surface area contributed by atoms with Gasteiger partial charge in [0.05, 0.1) is 6.33 Å². The van der Waals surface area contributed by atoms with Crippen molar-refractivity contribution in [2.45, 2.75) is 76.8 Å². The molecule has 0 aliphatic heterocycles. The van der Waals surface area contributed by atoms with Gasteiger partial charge < -0.3 is 9.88 Å². The van der Waals surface area contributed by atoms with Gasteiger partial charge in [0, 0.05) is 24.5 Å². The highest BCUT2D eigenvalue weighted by Crippen LogP contribution is 2.29. The maximum Gasteiger partial charge on any atom is 0.0949 e. The van der Waals surface area contributed by atoms with Crippen LogP contribution >= 0.6 is 0 Å². The first-order chi connectivity index (χ1) is 9.42. The first-order valence-electron chi connectivity index (χ1n) is 8.12. The van der Waals surface area contributed by atoms with Crippen molar-refractivity contribution >= 4 is 0 Å². The molecule has 1 heterocycles. The highest BCUT2D eigenvalue weighted by atomic mass is 15.1. The molecule has 1 aliphatic carbocycles. The molecule has 19 heavy (non-hydrogen) atoms. The van der Waals surface area contributed by atoms with E-state index in [0.717, 1.165) is 0 Å². The van der Waals surface area contributed by atoms with Crippen LogP contribution in [0, 0.1) is 0 Å². The smallest absolute Gasteiger partial charge is 0.0949 e. The van der Waals surface area contributed by atoms with E-state index < -0.39 is 0 Å². The average molecular weight is 263 g/mol. The summed E-state index contributed by atoms with van der Waals surface area (Å²) >= 11 is 0. The molecule has 1 aliphatic rings. The topological polar surface area (TPSA) is 29.9 Å². The Morgan fingerprint density at radius 1 is 1.16 bits per heavy atom. The normalized spacial score (nSPS) is 23.0. The van der Waals surface area contributed by atoms with Crippen molar-refractivity contribution in [3.05, 3.63) is 18.7 Å². The Kier molecular flexibility index (Phi) is 6.42. The van der Waals surface area contributed by atoms with E-state index in [2.05, 4.69) is 28.0 Å². The van der Waals surface area contributed by atoms with E-state index in [1.54, 1.807) is 0 Å². The van der Waals surface area contributed by atoms with Crippen molar-refractivity contribution in [3.8, 4) is 0 Å². The van der Waals surface area contributed by atoms with Crippen molar-refractivity contribution in [2.75, 3.05) is 6.54 Å². The Hall–Kier alpha value is -0.830. The minimum absolute atomic E-state index is 0.627. The van der Waals surface area contributed by atoms with Crippen LogP contribution in [-0.2, 0) is 0 Å². The molecule has 0 saturated heterocycles. The first-order valence-corrected chi connectivity index (χ1v) is 8.12. The minimum atomic E-state index is 0.627. The molecule has 1 fully saturated rings. The van der Waals surface area contributed by atoms with Gasteiger partial charge >= 0.3 is 0 Å². The Morgan fingerprint density at radius 3 is 2.79 bits per heavy atom. The van der Waals surface area contributed by atoms with Crippen LogP contribution in [0.5, 0.6) is 0 Å². The van der Waals surface area contributed by atoms with Gasteiger partial charge in [0.2, 0.25) is 0 Å². The van der Waals surface area contributed by atoms with Gasteiger partial charge in [0.1, 0.15) is 0 Å². The SMILES string of the molecule is CCCCCCCCNC1CCCC1n1ccnc1. The average Bonchev–Trinajstić information content (AvgIpc) is 3.08. The fraction of sp³-hybridized carbons (Fsp3) is 0.812. The summed E-state index contributed by atoms with van der Waals surface area (Å²) in [4.78, 5) is 4.17. The van der Waals surface area contributed by atoms with Gasteiger partial charge in [-0.05, 0) is 32.2 Å².